The molecule has 0 radical (unpaired) electrons. The van der Waals surface area contributed by atoms with Crippen molar-refractivity contribution in [3.05, 3.63) is 34.3 Å². The minimum Gasteiger partial charge on any atom is -0.507 e. The van der Waals surface area contributed by atoms with Crippen molar-refractivity contribution in [1.29, 1.82) is 0 Å². The van der Waals surface area contributed by atoms with Crippen LogP contribution >= 0.6 is 11.3 Å². The van der Waals surface area contributed by atoms with E-state index in [0.717, 1.165) is 30.1 Å². The van der Waals surface area contributed by atoms with Crippen LogP contribution in [0.4, 0.5) is 5.13 Å². The SMILES string of the molecule is O=C(Nc1nc2c(s1)CNCC2)c1c(O)cccc1O. The van der Waals surface area contributed by atoms with Crippen molar-refractivity contribution < 1.29 is 15.0 Å². The zero-order valence-corrected chi connectivity index (χ0v) is 11.3. The highest BCUT2D eigenvalue weighted by molar-refractivity contribution is 7.15. The topological polar surface area (TPSA) is 94.5 Å². The molecule has 0 saturated heterocycles. The number of thiazole rings is 1. The third-order valence-corrected chi connectivity index (χ3v) is 4.08. The van der Waals surface area contributed by atoms with E-state index in [4.69, 9.17) is 0 Å². The van der Waals surface area contributed by atoms with Crippen molar-refractivity contribution in [2.24, 2.45) is 0 Å². The van der Waals surface area contributed by atoms with Crippen LogP contribution in [0.25, 0.3) is 0 Å². The first kappa shape index (κ1) is 12.9. The third-order valence-electron chi connectivity index (χ3n) is 3.07. The predicted molar refractivity (Wildman–Crippen MR) is 75.2 cm³/mol. The molecule has 0 fully saturated rings. The molecule has 0 saturated carbocycles. The Kier molecular flexibility index (Phi) is 3.29. The van der Waals surface area contributed by atoms with Crippen molar-refractivity contribution >= 4 is 22.4 Å². The third kappa shape index (κ3) is 2.33. The number of phenols is 2. The molecular weight excluding hydrogens is 278 g/mol. The lowest BCUT2D eigenvalue weighted by atomic mass is 10.1. The molecule has 2 aromatic rings. The van der Waals surface area contributed by atoms with Crippen LogP contribution in [0.15, 0.2) is 18.2 Å². The number of phenolic OH excluding ortho intramolecular Hbond substituents is 2. The lowest BCUT2D eigenvalue weighted by Crippen LogP contribution is -2.22. The number of nitrogens with zero attached hydrogens (tertiary/aromatic N) is 1. The van der Waals surface area contributed by atoms with E-state index < -0.39 is 5.91 Å². The van der Waals surface area contributed by atoms with E-state index in [-0.39, 0.29) is 17.1 Å². The summed E-state index contributed by atoms with van der Waals surface area (Å²) in [4.78, 5) is 17.6. The van der Waals surface area contributed by atoms with Gasteiger partial charge in [0.1, 0.15) is 17.1 Å². The van der Waals surface area contributed by atoms with Gasteiger partial charge < -0.3 is 15.5 Å². The number of hydrogen-bond donors (Lipinski definition) is 4. The summed E-state index contributed by atoms with van der Waals surface area (Å²) in [7, 11) is 0. The fourth-order valence-electron chi connectivity index (χ4n) is 2.10. The summed E-state index contributed by atoms with van der Waals surface area (Å²) in [6.45, 7) is 1.63. The molecule has 7 heteroatoms. The molecule has 4 N–H and O–H groups in total. The van der Waals surface area contributed by atoms with Crippen LogP contribution in [0.3, 0.4) is 0 Å². The van der Waals surface area contributed by atoms with Gasteiger partial charge in [-0.05, 0) is 12.1 Å². The summed E-state index contributed by atoms with van der Waals surface area (Å²) >= 11 is 1.40. The van der Waals surface area contributed by atoms with Crippen molar-refractivity contribution in [3.8, 4) is 11.5 Å². The minimum absolute atomic E-state index is 0.140. The lowest BCUT2D eigenvalue weighted by Gasteiger charge is -2.09. The molecule has 2 heterocycles. The summed E-state index contributed by atoms with van der Waals surface area (Å²) in [6.07, 6.45) is 0.837. The monoisotopic (exact) mass is 291 g/mol. The maximum atomic E-state index is 12.1. The second-order valence-corrected chi connectivity index (χ2v) is 5.52. The maximum Gasteiger partial charge on any atom is 0.264 e. The number of carbonyl (C=O) groups is 1. The van der Waals surface area contributed by atoms with Gasteiger partial charge >= 0.3 is 0 Å². The number of aromatic nitrogens is 1. The molecule has 0 aliphatic carbocycles. The molecule has 0 unspecified atom stereocenters. The Morgan fingerprint density at radius 3 is 2.80 bits per heavy atom. The fraction of sp³-hybridized carbons (Fsp3) is 0.231. The van der Waals surface area contributed by atoms with Crippen LogP contribution in [0, 0.1) is 0 Å². The van der Waals surface area contributed by atoms with E-state index in [1.165, 1.54) is 29.5 Å². The molecule has 1 amide bonds. The number of nitrogens with one attached hydrogen (secondary N) is 2. The van der Waals surface area contributed by atoms with Gasteiger partial charge in [-0.25, -0.2) is 4.98 Å². The molecule has 1 aromatic carbocycles. The molecule has 0 bridgehead atoms. The Hall–Kier alpha value is -2.12. The summed E-state index contributed by atoms with van der Waals surface area (Å²) in [5.41, 5.74) is 0.851. The molecule has 104 valence electrons. The number of carbonyl (C=O) groups excluding carboxylic acids is 1. The average molecular weight is 291 g/mol. The van der Waals surface area contributed by atoms with Crippen LogP contribution in [0.5, 0.6) is 11.5 Å². The molecule has 3 rings (SSSR count). The first-order valence-electron chi connectivity index (χ1n) is 6.17. The Balaban J connectivity index is 1.84. The number of aromatic hydroxyl groups is 2. The smallest absolute Gasteiger partial charge is 0.264 e. The van der Waals surface area contributed by atoms with E-state index in [2.05, 4.69) is 15.6 Å². The van der Waals surface area contributed by atoms with Crippen LogP contribution in [-0.4, -0.2) is 27.6 Å². The summed E-state index contributed by atoms with van der Waals surface area (Å²) in [5.74, 6) is -1.09. The van der Waals surface area contributed by atoms with Crippen LogP contribution in [-0.2, 0) is 13.0 Å². The molecule has 0 atom stereocenters. The van der Waals surface area contributed by atoms with Gasteiger partial charge in [0.25, 0.3) is 5.91 Å². The van der Waals surface area contributed by atoms with Crippen molar-refractivity contribution in [3.63, 3.8) is 0 Å². The molecular formula is C13H13N3O3S. The van der Waals surface area contributed by atoms with E-state index in [0.29, 0.717) is 5.13 Å². The molecule has 1 aromatic heterocycles. The number of rotatable bonds is 2. The normalized spacial score (nSPS) is 13.8. The van der Waals surface area contributed by atoms with E-state index in [1.54, 1.807) is 0 Å². The highest BCUT2D eigenvalue weighted by Gasteiger charge is 2.20. The molecule has 1 aliphatic heterocycles. The van der Waals surface area contributed by atoms with E-state index >= 15 is 0 Å². The Labute approximate surface area is 119 Å². The predicted octanol–water partition coefficient (Wildman–Crippen LogP) is 1.45. The number of amides is 1. The quantitative estimate of drug-likeness (QED) is 0.672. The Bertz CT molecular complexity index is 625. The summed E-state index contributed by atoms with van der Waals surface area (Å²) in [6, 6.07) is 4.17. The standard InChI is InChI=1S/C13H13N3O3S/c17-8-2-1-3-9(18)11(8)12(19)16-13-15-7-4-5-14-6-10(7)20-13/h1-3,14,17-18H,4-6H2,(H,15,16,19). The van der Waals surface area contributed by atoms with Gasteiger partial charge in [0, 0.05) is 24.4 Å². The van der Waals surface area contributed by atoms with Crippen LogP contribution in [0.1, 0.15) is 20.9 Å². The van der Waals surface area contributed by atoms with E-state index in [1.807, 2.05) is 0 Å². The second kappa shape index (κ2) is 5.10. The number of benzene rings is 1. The largest absolute Gasteiger partial charge is 0.507 e. The van der Waals surface area contributed by atoms with Gasteiger partial charge in [-0.15, -0.1) is 11.3 Å². The maximum absolute atomic E-state index is 12.1. The average Bonchev–Trinajstić information content (AvgIpc) is 2.80. The first-order chi connectivity index (χ1) is 9.65. The van der Waals surface area contributed by atoms with Crippen LogP contribution < -0.4 is 10.6 Å². The van der Waals surface area contributed by atoms with Crippen LogP contribution in [0.2, 0.25) is 0 Å². The van der Waals surface area contributed by atoms with Gasteiger partial charge in [-0.2, -0.15) is 0 Å². The summed E-state index contributed by atoms with van der Waals surface area (Å²) in [5, 5.41) is 25.6. The number of fused-ring (bicyclic) bond motifs is 1. The second-order valence-electron chi connectivity index (χ2n) is 4.44. The van der Waals surface area contributed by atoms with Crippen molar-refractivity contribution in [2.75, 3.05) is 11.9 Å². The van der Waals surface area contributed by atoms with Gasteiger partial charge in [0.05, 0.1) is 5.69 Å². The molecule has 0 spiro atoms. The van der Waals surface area contributed by atoms with Gasteiger partial charge in [-0.3, -0.25) is 10.1 Å². The first-order valence-corrected chi connectivity index (χ1v) is 6.98. The highest BCUT2D eigenvalue weighted by Crippen LogP contribution is 2.29. The van der Waals surface area contributed by atoms with Crippen molar-refractivity contribution in [1.82, 2.24) is 10.3 Å². The molecule has 20 heavy (non-hydrogen) atoms. The minimum atomic E-state index is -0.570. The number of anilines is 1. The Morgan fingerprint density at radius 1 is 1.35 bits per heavy atom. The summed E-state index contributed by atoms with van der Waals surface area (Å²) < 4.78 is 0. The fourth-order valence-corrected chi connectivity index (χ4v) is 3.07. The van der Waals surface area contributed by atoms with E-state index in [9.17, 15) is 15.0 Å². The highest BCUT2D eigenvalue weighted by atomic mass is 32.1. The zero-order chi connectivity index (χ0) is 14.1. The lowest BCUT2D eigenvalue weighted by molar-refractivity contribution is 0.102. The zero-order valence-electron chi connectivity index (χ0n) is 10.5. The van der Waals surface area contributed by atoms with Gasteiger partial charge in [0.15, 0.2) is 5.13 Å². The van der Waals surface area contributed by atoms with Gasteiger partial charge in [-0.1, -0.05) is 6.07 Å². The Morgan fingerprint density at radius 2 is 2.10 bits per heavy atom. The van der Waals surface area contributed by atoms with Gasteiger partial charge in [0.2, 0.25) is 0 Å². The van der Waals surface area contributed by atoms with Crippen molar-refractivity contribution in [2.45, 2.75) is 13.0 Å². The molecule has 6 nitrogen and oxygen atoms in total. The number of hydrogen-bond acceptors (Lipinski definition) is 6. The molecule has 1 aliphatic rings.